The summed E-state index contributed by atoms with van der Waals surface area (Å²) in [4.78, 5) is 0. The Morgan fingerprint density at radius 3 is 2.29 bits per heavy atom. The lowest BCUT2D eigenvalue weighted by molar-refractivity contribution is 0.265. The van der Waals surface area contributed by atoms with Crippen LogP contribution >= 0.6 is 0 Å². The third kappa shape index (κ3) is 2.34. The largest absolute Gasteiger partial charge is 0.330 e. The molecule has 0 heterocycles. The van der Waals surface area contributed by atoms with Gasteiger partial charge in [0.2, 0.25) is 0 Å². The molecular weight excluding hydrogens is 172 g/mol. The molecule has 0 saturated heterocycles. The molecule has 0 aliphatic carbocycles. The van der Waals surface area contributed by atoms with Crippen molar-refractivity contribution in [1.29, 1.82) is 0 Å². The van der Waals surface area contributed by atoms with E-state index in [1.807, 2.05) is 13.1 Å². The molecule has 0 aliphatic heterocycles. The monoisotopic (exact) mass is 192 g/mol. The SMILES string of the molecule is CNC(c1ccccc1)C(C)(C)CN. The Hall–Kier alpha value is -0.860. The van der Waals surface area contributed by atoms with E-state index >= 15 is 0 Å². The van der Waals surface area contributed by atoms with Gasteiger partial charge >= 0.3 is 0 Å². The first-order valence-electron chi connectivity index (χ1n) is 5.04. The van der Waals surface area contributed by atoms with E-state index in [2.05, 4.69) is 43.4 Å². The van der Waals surface area contributed by atoms with E-state index < -0.39 is 0 Å². The minimum absolute atomic E-state index is 0.0795. The van der Waals surface area contributed by atoms with Crippen molar-refractivity contribution in [2.75, 3.05) is 13.6 Å². The summed E-state index contributed by atoms with van der Waals surface area (Å²) in [5, 5.41) is 3.33. The molecule has 0 aliphatic rings. The summed E-state index contributed by atoms with van der Waals surface area (Å²) in [6.45, 7) is 5.04. The Labute approximate surface area is 86.5 Å². The van der Waals surface area contributed by atoms with E-state index in [9.17, 15) is 0 Å². The minimum atomic E-state index is 0.0795. The first-order valence-corrected chi connectivity index (χ1v) is 5.04. The Balaban J connectivity index is 2.93. The zero-order valence-corrected chi connectivity index (χ0v) is 9.25. The van der Waals surface area contributed by atoms with Crippen LogP contribution in [-0.4, -0.2) is 13.6 Å². The lowest BCUT2D eigenvalue weighted by Crippen LogP contribution is -2.37. The zero-order chi connectivity index (χ0) is 10.6. The summed E-state index contributed by atoms with van der Waals surface area (Å²) < 4.78 is 0. The molecule has 0 radical (unpaired) electrons. The lowest BCUT2D eigenvalue weighted by Gasteiger charge is -2.33. The third-order valence-electron chi connectivity index (χ3n) is 2.73. The molecule has 14 heavy (non-hydrogen) atoms. The molecule has 0 aromatic heterocycles. The number of hydrogen-bond donors (Lipinski definition) is 2. The number of nitrogens with one attached hydrogen (secondary N) is 1. The van der Waals surface area contributed by atoms with E-state index in [0.29, 0.717) is 12.6 Å². The van der Waals surface area contributed by atoms with E-state index in [1.165, 1.54) is 5.56 Å². The van der Waals surface area contributed by atoms with Gasteiger partial charge in [0.05, 0.1) is 0 Å². The average molecular weight is 192 g/mol. The predicted molar refractivity (Wildman–Crippen MR) is 61.1 cm³/mol. The highest BCUT2D eigenvalue weighted by Crippen LogP contribution is 2.31. The van der Waals surface area contributed by atoms with E-state index in [1.54, 1.807) is 0 Å². The van der Waals surface area contributed by atoms with Gasteiger partial charge in [-0.05, 0) is 24.6 Å². The quantitative estimate of drug-likeness (QED) is 0.765. The Kier molecular flexibility index (Phi) is 3.67. The smallest absolute Gasteiger partial charge is 0.0381 e. The van der Waals surface area contributed by atoms with Gasteiger partial charge in [-0.1, -0.05) is 44.2 Å². The van der Waals surface area contributed by atoms with Crippen LogP contribution < -0.4 is 11.1 Å². The molecule has 1 unspecified atom stereocenters. The summed E-state index contributed by atoms with van der Waals surface area (Å²) in [6, 6.07) is 10.7. The van der Waals surface area contributed by atoms with Crippen LogP contribution in [0.15, 0.2) is 30.3 Å². The topological polar surface area (TPSA) is 38.0 Å². The lowest BCUT2D eigenvalue weighted by atomic mass is 9.80. The maximum Gasteiger partial charge on any atom is 0.0381 e. The second kappa shape index (κ2) is 4.58. The fourth-order valence-corrected chi connectivity index (χ4v) is 1.77. The molecular formula is C12H20N2. The molecule has 0 spiro atoms. The van der Waals surface area contributed by atoms with Gasteiger partial charge in [-0.15, -0.1) is 0 Å². The summed E-state index contributed by atoms with van der Waals surface area (Å²) in [6.07, 6.45) is 0. The molecule has 2 nitrogen and oxygen atoms in total. The highest BCUT2D eigenvalue weighted by atomic mass is 14.9. The Morgan fingerprint density at radius 2 is 1.86 bits per heavy atom. The second-order valence-corrected chi connectivity index (χ2v) is 4.33. The molecule has 0 amide bonds. The van der Waals surface area contributed by atoms with Crippen LogP contribution in [0, 0.1) is 5.41 Å². The van der Waals surface area contributed by atoms with Gasteiger partial charge in [-0.3, -0.25) is 0 Å². The van der Waals surface area contributed by atoms with Crippen molar-refractivity contribution in [3.63, 3.8) is 0 Å². The third-order valence-corrected chi connectivity index (χ3v) is 2.73. The second-order valence-electron chi connectivity index (χ2n) is 4.33. The molecule has 1 rings (SSSR count). The summed E-state index contributed by atoms with van der Waals surface area (Å²) in [5.41, 5.74) is 7.16. The predicted octanol–water partition coefficient (Wildman–Crippen LogP) is 1.93. The van der Waals surface area contributed by atoms with Gasteiger partial charge in [0.15, 0.2) is 0 Å². The Bertz CT molecular complexity index is 267. The molecule has 0 bridgehead atoms. The number of nitrogens with two attached hydrogens (primary N) is 1. The standard InChI is InChI=1S/C12H20N2/c1-12(2,9-13)11(14-3)10-7-5-4-6-8-10/h4-8,11,14H,9,13H2,1-3H3. The van der Waals surface area contributed by atoms with Crippen LogP contribution in [0.2, 0.25) is 0 Å². The van der Waals surface area contributed by atoms with Crippen molar-refractivity contribution in [3.05, 3.63) is 35.9 Å². The van der Waals surface area contributed by atoms with Gasteiger partial charge in [0, 0.05) is 6.04 Å². The summed E-state index contributed by atoms with van der Waals surface area (Å²) in [5.74, 6) is 0. The Morgan fingerprint density at radius 1 is 1.29 bits per heavy atom. The van der Waals surface area contributed by atoms with Crippen LogP contribution in [0.3, 0.4) is 0 Å². The molecule has 78 valence electrons. The van der Waals surface area contributed by atoms with Crippen molar-refractivity contribution < 1.29 is 0 Å². The molecule has 3 N–H and O–H groups in total. The first kappa shape index (κ1) is 11.2. The summed E-state index contributed by atoms with van der Waals surface area (Å²) in [7, 11) is 1.98. The van der Waals surface area contributed by atoms with Crippen LogP contribution in [0.25, 0.3) is 0 Å². The van der Waals surface area contributed by atoms with E-state index in [0.717, 1.165) is 0 Å². The van der Waals surface area contributed by atoms with Crippen molar-refractivity contribution in [3.8, 4) is 0 Å². The maximum atomic E-state index is 5.78. The van der Waals surface area contributed by atoms with Gasteiger partial charge in [-0.25, -0.2) is 0 Å². The molecule has 1 aromatic rings. The van der Waals surface area contributed by atoms with Crippen molar-refractivity contribution in [2.45, 2.75) is 19.9 Å². The van der Waals surface area contributed by atoms with Gasteiger partial charge in [0.25, 0.3) is 0 Å². The van der Waals surface area contributed by atoms with Crippen molar-refractivity contribution in [2.24, 2.45) is 11.1 Å². The number of rotatable bonds is 4. The van der Waals surface area contributed by atoms with Gasteiger partial charge in [-0.2, -0.15) is 0 Å². The van der Waals surface area contributed by atoms with Crippen LogP contribution in [0.4, 0.5) is 0 Å². The first-order chi connectivity index (χ1) is 6.61. The molecule has 1 atom stereocenters. The summed E-state index contributed by atoms with van der Waals surface area (Å²) >= 11 is 0. The molecule has 1 aromatic carbocycles. The minimum Gasteiger partial charge on any atom is -0.330 e. The molecule has 2 heteroatoms. The van der Waals surface area contributed by atoms with Crippen molar-refractivity contribution >= 4 is 0 Å². The van der Waals surface area contributed by atoms with Gasteiger partial charge < -0.3 is 11.1 Å². The van der Waals surface area contributed by atoms with Gasteiger partial charge in [0.1, 0.15) is 0 Å². The van der Waals surface area contributed by atoms with Crippen LogP contribution in [0.5, 0.6) is 0 Å². The number of benzene rings is 1. The highest BCUT2D eigenvalue weighted by molar-refractivity contribution is 5.21. The fourth-order valence-electron chi connectivity index (χ4n) is 1.77. The zero-order valence-electron chi connectivity index (χ0n) is 9.25. The molecule has 0 fully saturated rings. The fraction of sp³-hybridized carbons (Fsp3) is 0.500. The van der Waals surface area contributed by atoms with E-state index in [4.69, 9.17) is 5.73 Å². The normalized spacial score (nSPS) is 14.0. The van der Waals surface area contributed by atoms with Crippen molar-refractivity contribution in [1.82, 2.24) is 5.32 Å². The highest BCUT2D eigenvalue weighted by Gasteiger charge is 2.27. The van der Waals surface area contributed by atoms with E-state index in [-0.39, 0.29) is 5.41 Å². The number of hydrogen-bond acceptors (Lipinski definition) is 2. The van der Waals surface area contributed by atoms with Crippen LogP contribution in [0.1, 0.15) is 25.5 Å². The maximum absolute atomic E-state index is 5.78. The average Bonchev–Trinajstić information content (AvgIpc) is 2.20. The van der Waals surface area contributed by atoms with Crippen LogP contribution in [-0.2, 0) is 0 Å². The molecule has 0 saturated carbocycles.